The van der Waals surface area contributed by atoms with Crippen LogP contribution in [-0.2, 0) is 11.0 Å². The van der Waals surface area contributed by atoms with Crippen LogP contribution in [-0.4, -0.2) is 26.9 Å². The van der Waals surface area contributed by atoms with Crippen LogP contribution >= 0.6 is 0 Å². The van der Waals surface area contributed by atoms with Gasteiger partial charge in [-0.15, -0.1) is 0 Å². The molecule has 0 aliphatic heterocycles. The largest absolute Gasteiger partial charge is 0.352 e. The first-order valence-electron chi connectivity index (χ1n) is 3.95. The molecule has 0 fully saturated rings. The van der Waals surface area contributed by atoms with Gasteiger partial charge in [-0.25, -0.2) is 4.21 Å². The molecule has 0 aliphatic carbocycles. The molecule has 4 nitrogen and oxygen atoms in total. The van der Waals surface area contributed by atoms with E-state index in [-0.39, 0.29) is 5.91 Å². The summed E-state index contributed by atoms with van der Waals surface area (Å²) < 4.78 is 12.5. The molecule has 1 atom stereocenters. The monoisotopic (exact) mass is 200 g/mol. The highest BCUT2D eigenvalue weighted by atomic mass is 32.2. The van der Waals surface area contributed by atoms with Crippen molar-refractivity contribution < 1.29 is 9.00 Å². The fraction of sp³-hybridized carbons (Fsp3) is 0.375. The van der Waals surface area contributed by atoms with E-state index in [4.69, 9.17) is 0 Å². The molecule has 0 aromatic carbocycles. The maximum Gasteiger partial charge on any atom is 0.252 e. The number of rotatable bonds is 3. The fourth-order valence-electron chi connectivity index (χ4n) is 0.934. The van der Waals surface area contributed by atoms with Crippen LogP contribution in [0.1, 0.15) is 17.3 Å². The average Bonchev–Trinajstić information content (AvgIpc) is 2.52. The number of nitrogens with zero attached hydrogens (tertiary/aromatic N) is 1. The Kier molecular flexibility index (Phi) is 3.25. The minimum absolute atomic E-state index is 0.133. The molecule has 0 radical (unpaired) electrons. The summed E-state index contributed by atoms with van der Waals surface area (Å²) in [6.45, 7) is 2.45. The van der Waals surface area contributed by atoms with E-state index in [1.165, 1.54) is 3.97 Å². The van der Waals surface area contributed by atoms with E-state index < -0.39 is 11.0 Å². The Morgan fingerprint density at radius 3 is 2.85 bits per heavy atom. The normalized spacial score (nSPS) is 12.5. The van der Waals surface area contributed by atoms with Crippen molar-refractivity contribution in [2.45, 2.75) is 6.92 Å². The molecule has 0 saturated heterocycles. The molecule has 1 rings (SSSR count). The Labute approximate surface area is 79.5 Å². The molecule has 13 heavy (non-hydrogen) atoms. The molecule has 1 aromatic rings. The maximum atomic E-state index is 11.3. The first kappa shape index (κ1) is 9.98. The van der Waals surface area contributed by atoms with E-state index in [9.17, 15) is 9.00 Å². The SMILES string of the molecule is CCNC(=O)c1ccn(S(C)=O)c1. The van der Waals surface area contributed by atoms with Crippen molar-refractivity contribution in [3.05, 3.63) is 24.0 Å². The van der Waals surface area contributed by atoms with Crippen LogP contribution in [0.3, 0.4) is 0 Å². The van der Waals surface area contributed by atoms with Gasteiger partial charge in [0.15, 0.2) is 0 Å². The summed E-state index contributed by atoms with van der Waals surface area (Å²) in [6.07, 6.45) is 4.75. The van der Waals surface area contributed by atoms with Gasteiger partial charge >= 0.3 is 0 Å². The minimum atomic E-state index is -1.09. The van der Waals surface area contributed by atoms with Gasteiger partial charge in [0, 0.05) is 25.2 Å². The Morgan fingerprint density at radius 1 is 1.69 bits per heavy atom. The average molecular weight is 200 g/mol. The molecule has 5 heteroatoms. The highest BCUT2D eigenvalue weighted by Crippen LogP contribution is 2.01. The molecule has 1 heterocycles. The summed E-state index contributed by atoms with van der Waals surface area (Å²) in [4.78, 5) is 11.3. The summed E-state index contributed by atoms with van der Waals surface area (Å²) >= 11 is 0. The summed E-state index contributed by atoms with van der Waals surface area (Å²) in [7, 11) is -1.09. The van der Waals surface area contributed by atoms with Crippen LogP contribution in [0, 0.1) is 0 Å². The van der Waals surface area contributed by atoms with Crippen LogP contribution in [0.5, 0.6) is 0 Å². The lowest BCUT2D eigenvalue weighted by Gasteiger charge is -1.97. The second-order valence-corrected chi connectivity index (χ2v) is 3.81. The Morgan fingerprint density at radius 2 is 2.38 bits per heavy atom. The zero-order valence-electron chi connectivity index (χ0n) is 7.61. The lowest BCUT2D eigenvalue weighted by molar-refractivity contribution is 0.0956. The molecular weight excluding hydrogens is 188 g/mol. The standard InChI is InChI=1S/C8H12N2O2S/c1-3-9-8(11)7-4-5-10(6-7)13(2)12/h4-6H,3H2,1-2H3,(H,9,11). The van der Waals surface area contributed by atoms with Crippen LogP contribution in [0.15, 0.2) is 18.5 Å². The van der Waals surface area contributed by atoms with Crippen molar-refractivity contribution in [2.24, 2.45) is 0 Å². The number of amides is 1. The topological polar surface area (TPSA) is 51.1 Å². The molecule has 0 bridgehead atoms. The fourth-order valence-corrected chi connectivity index (χ4v) is 1.43. The van der Waals surface area contributed by atoms with Gasteiger partial charge in [-0.3, -0.25) is 8.77 Å². The molecule has 1 unspecified atom stereocenters. The van der Waals surface area contributed by atoms with E-state index in [0.29, 0.717) is 12.1 Å². The minimum Gasteiger partial charge on any atom is -0.352 e. The maximum absolute atomic E-state index is 11.3. The molecule has 0 spiro atoms. The number of carbonyl (C=O) groups is 1. The summed E-state index contributed by atoms with van der Waals surface area (Å²) in [6, 6.07) is 1.65. The van der Waals surface area contributed by atoms with E-state index in [1.54, 1.807) is 24.7 Å². The third kappa shape index (κ3) is 2.42. The van der Waals surface area contributed by atoms with Crippen molar-refractivity contribution >= 4 is 16.9 Å². The molecule has 72 valence electrons. The highest BCUT2D eigenvalue weighted by Gasteiger charge is 2.06. The lowest BCUT2D eigenvalue weighted by Crippen LogP contribution is -2.22. The number of aromatic nitrogens is 1. The van der Waals surface area contributed by atoms with Gasteiger partial charge in [-0.1, -0.05) is 0 Å². The molecular formula is C8H12N2O2S. The zero-order valence-corrected chi connectivity index (χ0v) is 8.43. The third-order valence-corrected chi connectivity index (χ3v) is 2.38. The second kappa shape index (κ2) is 4.23. The van der Waals surface area contributed by atoms with Crippen LogP contribution in [0.4, 0.5) is 0 Å². The predicted octanol–water partition coefficient (Wildman–Crippen LogP) is 0.379. The third-order valence-electron chi connectivity index (χ3n) is 1.56. The molecule has 1 N–H and O–H groups in total. The lowest BCUT2D eigenvalue weighted by atomic mass is 10.3. The van der Waals surface area contributed by atoms with Crippen LogP contribution in [0.25, 0.3) is 0 Å². The van der Waals surface area contributed by atoms with E-state index in [1.807, 2.05) is 6.92 Å². The number of hydrogen-bond acceptors (Lipinski definition) is 2. The predicted molar refractivity (Wildman–Crippen MR) is 51.9 cm³/mol. The van der Waals surface area contributed by atoms with Crippen LogP contribution in [0.2, 0.25) is 0 Å². The van der Waals surface area contributed by atoms with Gasteiger partial charge in [-0.05, 0) is 13.0 Å². The van der Waals surface area contributed by atoms with Crippen molar-refractivity contribution in [3.8, 4) is 0 Å². The van der Waals surface area contributed by atoms with Gasteiger partial charge in [-0.2, -0.15) is 0 Å². The highest BCUT2D eigenvalue weighted by molar-refractivity contribution is 7.82. The quantitative estimate of drug-likeness (QED) is 0.767. The first-order valence-corrected chi connectivity index (χ1v) is 5.46. The van der Waals surface area contributed by atoms with Gasteiger partial charge in [0.2, 0.25) is 0 Å². The van der Waals surface area contributed by atoms with Gasteiger partial charge in [0.25, 0.3) is 5.91 Å². The van der Waals surface area contributed by atoms with E-state index in [0.717, 1.165) is 0 Å². The smallest absolute Gasteiger partial charge is 0.252 e. The van der Waals surface area contributed by atoms with Crippen molar-refractivity contribution in [1.82, 2.24) is 9.29 Å². The van der Waals surface area contributed by atoms with E-state index >= 15 is 0 Å². The van der Waals surface area contributed by atoms with Crippen molar-refractivity contribution in [1.29, 1.82) is 0 Å². The van der Waals surface area contributed by atoms with Gasteiger partial charge in [0.1, 0.15) is 11.0 Å². The van der Waals surface area contributed by atoms with Gasteiger partial charge < -0.3 is 5.32 Å². The number of hydrogen-bond donors (Lipinski definition) is 1. The van der Waals surface area contributed by atoms with Crippen LogP contribution < -0.4 is 5.32 Å². The Hall–Kier alpha value is -1.10. The van der Waals surface area contributed by atoms with Crippen molar-refractivity contribution in [2.75, 3.05) is 12.8 Å². The second-order valence-electron chi connectivity index (χ2n) is 2.54. The summed E-state index contributed by atoms with van der Waals surface area (Å²) in [5.74, 6) is -0.133. The number of carbonyl (C=O) groups excluding carboxylic acids is 1. The van der Waals surface area contributed by atoms with Crippen molar-refractivity contribution in [3.63, 3.8) is 0 Å². The zero-order chi connectivity index (χ0) is 9.84. The first-order chi connectivity index (χ1) is 6.15. The Bertz CT molecular complexity index is 333. The summed E-state index contributed by atoms with van der Waals surface area (Å²) in [5, 5.41) is 2.66. The van der Waals surface area contributed by atoms with Gasteiger partial charge in [0.05, 0.1) is 5.56 Å². The Balaban J connectivity index is 2.79. The molecule has 1 amide bonds. The molecule has 1 aromatic heterocycles. The molecule has 0 aliphatic rings. The summed E-state index contributed by atoms with van der Waals surface area (Å²) in [5.41, 5.74) is 0.539. The molecule has 0 saturated carbocycles. The van der Waals surface area contributed by atoms with E-state index in [2.05, 4.69) is 5.32 Å². The number of nitrogens with one attached hydrogen (secondary N) is 1.